The predicted molar refractivity (Wildman–Crippen MR) is 100 cm³/mol. The van der Waals surface area contributed by atoms with Crippen LogP contribution >= 0.6 is 0 Å². The molecule has 0 saturated heterocycles. The van der Waals surface area contributed by atoms with Crippen molar-refractivity contribution in [2.45, 2.75) is 38.1 Å². The number of aliphatic hydroxyl groups excluding tert-OH is 1. The Morgan fingerprint density at radius 2 is 2.19 bits per heavy atom. The highest BCUT2D eigenvalue weighted by atomic mass is 16.3. The topological polar surface area (TPSA) is 67.9 Å². The van der Waals surface area contributed by atoms with Crippen molar-refractivity contribution in [2.75, 3.05) is 0 Å². The van der Waals surface area contributed by atoms with Gasteiger partial charge < -0.3 is 15.0 Å². The van der Waals surface area contributed by atoms with E-state index in [1.165, 1.54) is 11.1 Å². The lowest BCUT2D eigenvalue weighted by atomic mass is 10.1. The minimum absolute atomic E-state index is 0.144. The quantitative estimate of drug-likeness (QED) is 0.714. The lowest BCUT2D eigenvalue weighted by Crippen LogP contribution is -2.35. The average Bonchev–Trinajstić information content (AvgIpc) is 3.36. The fraction of sp³-hybridized carbons (Fsp3) is 0.400. The Hall–Kier alpha value is -2.44. The smallest absolute Gasteiger partial charge is 0.0945 e. The van der Waals surface area contributed by atoms with Gasteiger partial charge in [-0.25, -0.2) is 4.98 Å². The summed E-state index contributed by atoms with van der Waals surface area (Å²) in [7, 11) is 1.93. The highest BCUT2D eigenvalue weighted by molar-refractivity contribution is 5.62. The minimum Gasteiger partial charge on any atom is -0.391 e. The summed E-state index contributed by atoms with van der Waals surface area (Å²) in [6, 6.07) is 8.63. The molecule has 0 radical (unpaired) electrons. The first kappa shape index (κ1) is 17.0. The molecule has 2 aromatic heterocycles. The summed E-state index contributed by atoms with van der Waals surface area (Å²) >= 11 is 0. The van der Waals surface area contributed by atoms with Crippen molar-refractivity contribution in [1.29, 1.82) is 0 Å². The number of aromatic nitrogens is 4. The second-order valence-corrected chi connectivity index (χ2v) is 7.25. The molecule has 1 unspecified atom stereocenters. The van der Waals surface area contributed by atoms with Gasteiger partial charge in [0.2, 0.25) is 0 Å². The molecule has 0 aliphatic heterocycles. The second kappa shape index (κ2) is 7.43. The zero-order chi connectivity index (χ0) is 17.9. The molecule has 0 spiro atoms. The molecule has 3 aromatic rings. The predicted octanol–water partition coefficient (Wildman–Crippen LogP) is 2.21. The van der Waals surface area contributed by atoms with E-state index >= 15 is 0 Å². The number of benzene rings is 1. The molecule has 6 nitrogen and oxygen atoms in total. The molecule has 6 heteroatoms. The first-order valence-corrected chi connectivity index (χ1v) is 9.12. The fourth-order valence-electron chi connectivity index (χ4n) is 3.86. The van der Waals surface area contributed by atoms with Crippen LogP contribution in [0.3, 0.4) is 0 Å². The third kappa shape index (κ3) is 3.86. The van der Waals surface area contributed by atoms with Gasteiger partial charge >= 0.3 is 0 Å². The maximum Gasteiger partial charge on any atom is 0.0945 e. The molecule has 1 aliphatic carbocycles. The van der Waals surface area contributed by atoms with E-state index in [2.05, 4.69) is 44.2 Å². The first-order chi connectivity index (χ1) is 12.7. The Morgan fingerprint density at radius 3 is 2.96 bits per heavy atom. The maximum absolute atomic E-state index is 10.4. The van der Waals surface area contributed by atoms with Crippen molar-refractivity contribution in [2.24, 2.45) is 13.0 Å². The summed E-state index contributed by atoms with van der Waals surface area (Å²) in [4.78, 5) is 4.09. The van der Waals surface area contributed by atoms with Crippen LogP contribution in [0.25, 0.3) is 11.1 Å². The van der Waals surface area contributed by atoms with Crippen LogP contribution in [0.15, 0.2) is 55.4 Å². The Kier molecular flexibility index (Phi) is 4.86. The van der Waals surface area contributed by atoms with E-state index < -0.39 is 0 Å². The van der Waals surface area contributed by atoms with Crippen molar-refractivity contribution in [3.63, 3.8) is 0 Å². The van der Waals surface area contributed by atoms with Crippen LogP contribution in [0.5, 0.6) is 0 Å². The van der Waals surface area contributed by atoms with Crippen LogP contribution in [0, 0.1) is 5.92 Å². The van der Waals surface area contributed by atoms with Crippen molar-refractivity contribution in [3.05, 3.63) is 60.9 Å². The van der Waals surface area contributed by atoms with Crippen molar-refractivity contribution in [3.8, 4) is 11.1 Å². The normalized spacial score (nSPS) is 22.8. The molecule has 1 aromatic carbocycles. The standard InChI is InChI=1S/C20H25N5O/c1-24-13-18(11-23-24)17-4-2-3-15(7-17)10-22-19-8-16(9-20(19)26)12-25-6-5-21-14-25/h2-7,11,13-14,16,19-20,22,26H,8-10,12H2,1H3/t16?,19-,20-/m1/s1. The van der Waals surface area contributed by atoms with Gasteiger partial charge in [-0.2, -0.15) is 5.10 Å². The molecule has 1 aliphatic rings. The van der Waals surface area contributed by atoms with Gasteiger partial charge in [0.25, 0.3) is 0 Å². The van der Waals surface area contributed by atoms with Gasteiger partial charge in [0.15, 0.2) is 0 Å². The van der Waals surface area contributed by atoms with Crippen molar-refractivity contribution < 1.29 is 5.11 Å². The molecular formula is C20H25N5O. The van der Waals surface area contributed by atoms with Crippen molar-refractivity contribution in [1.82, 2.24) is 24.6 Å². The molecule has 136 valence electrons. The molecule has 2 N–H and O–H groups in total. The lowest BCUT2D eigenvalue weighted by Gasteiger charge is -2.17. The summed E-state index contributed by atoms with van der Waals surface area (Å²) in [5.74, 6) is 0.485. The molecule has 0 bridgehead atoms. The Labute approximate surface area is 153 Å². The average molecular weight is 351 g/mol. The third-order valence-electron chi connectivity index (χ3n) is 5.19. The SMILES string of the molecule is Cn1cc(-c2cccc(CN[C@@H]3CC(Cn4ccnc4)C[C@H]3O)c2)cn1. The third-order valence-corrected chi connectivity index (χ3v) is 5.19. The van der Waals surface area contributed by atoms with Crippen LogP contribution in [-0.2, 0) is 20.1 Å². The van der Waals surface area contributed by atoms with Gasteiger partial charge in [0.05, 0.1) is 18.6 Å². The molecule has 4 rings (SSSR count). The lowest BCUT2D eigenvalue weighted by molar-refractivity contribution is 0.145. The Morgan fingerprint density at radius 1 is 1.27 bits per heavy atom. The molecule has 1 fully saturated rings. The highest BCUT2D eigenvalue weighted by Crippen LogP contribution is 2.28. The van der Waals surface area contributed by atoms with E-state index in [1.54, 1.807) is 6.20 Å². The van der Waals surface area contributed by atoms with Crippen LogP contribution in [0.4, 0.5) is 0 Å². The molecule has 0 amide bonds. The van der Waals surface area contributed by atoms with Crippen molar-refractivity contribution >= 4 is 0 Å². The van der Waals surface area contributed by atoms with Gasteiger partial charge in [0.1, 0.15) is 0 Å². The summed E-state index contributed by atoms with van der Waals surface area (Å²) in [5, 5.41) is 18.2. The second-order valence-electron chi connectivity index (χ2n) is 7.25. The highest BCUT2D eigenvalue weighted by Gasteiger charge is 2.32. The largest absolute Gasteiger partial charge is 0.391 e. The zero-order valence-corrected chi connectivity index (χ0v) is 15.0. The number of hydrogen-bond acceptors (Lipinski definition) is 4. The molecular weight excluding hydrogens is 326 g/mol. The number of rotatable bonds is 6. The number of nitrogens with one attached hydrogen (secondary N) is 1. The van der Waals surface area contributed by atoms with E-state index in [9.17, 15) is 5.11 Å². The number of imidazole rings is 1. The summed E-state index contributed by atoms with van der Waals surface area (Å²) in [5.41, 5.74) is 3.51. The van der Waals surface area contributed by atoms with E-state index in [0.717, 1.165) is 31.5 Å². The van der Waals surface area contributed by atoms with Gasteiger partial charge in [-0.05, 0) is 36.0 Å². The van der Waals surface area contributed by atoms with E-state index in [0.29, 0.717) is 5.92 Å². The maximum atomic E-state index is 10.4. The first-order valence-electron chi connectivity index (χ1n) is 9.12. The number of nitrogens with zero attached hydrogens (tertiary/aromatic N) is 4. The van der Waals surface area contributed by atoms with E-state index in [4.69, 9.17) is 0 Å². The van der Waals surface area contributed by atoms with Gasteiger partial charge in [-0.1, -0.05) is 18.2 Å². The van der Waals surface area contributed by atoms with Crippen LogP contribution < -0.4 is 5.32 Å². The Bertz CT molecular complexity index is 842. The number of aliphatic hydroxyl groups is 1. The van der Waals surface area contributed by atoms with Gasteiger partial charge in [-0.15, -0.1) is 0 Å². The zero-order valence-electron chi connectivity index (χ0n) is 15.0. The van der Waals surface area contributed by atoms with Crippen LogP contribution in [0.2, 0.25) is 0 Å². The molecule has 26 heavy (non-hydrogen) atoms. The minimum atomic E-state index is -0.287. The molecule has 1 saturated carbocycles. The van der Waals surface area contributed by atoms with Crippen LogP contribution in [0.1, 0.15) is 18.4 Å². The molecule has 3 atom stereocenters. The fourth-order valence-corrected chi connectivity index (χ4v) is 3.86. The number of aryl methyl sites for hydroxylation is 1. The van der Waals surface area contributed by atoms with Gasteiger partial charge in [0, 0.05) is 50.3 Å². The number of hydrogen-bond donors (Lipinski definition) is 2. The summed E-state index contributed by atoms with van der Waals surface area (Å²) < 4.78 is 3.91. The molecule has 2 heterocycles. The van der Waals surface area contributed by atoms with E-state index in [-0.39, 0.29) is 12.1 Å². The van der Waals surface area contributed by atoms with Crippen LogP contribution in [-0.4, -0.2) is 36.6 Å². The summed E-state index contributed by atoms with van der Waals surface area (Å²) in [6.45, 7) is 1.68. The summed E-state index contributed by atoms with van der Waals surface area (Å²) in [6.07, 6.45) is 11.1. The van der Waals surface area contributed by atoms with Gasteiger partial charge in [-0.3, -0.25) is 4.68 Å². The van der Waals surface area contributed by atoms with E-state index in [1.807, 2.05) is 36.6 Å². The monoisotopic (exact) mass is 351 g/mol. The Balaban J connectivity index is 1.35.